The minimum Gasteiger partial charge on any atom is -0.465 e. The lowest BCUT2D eigenvalue weighted by atomic mass is 10.0. The average molecular weight is 350 g/mol. The maximum atomic E-state index is 12.7. The van der Waals surface area contributed by atoms with Gasteiger partial charge in [-0.25, -0.2) is 9.69 Å². The Morgan fingerprint density at radius 3 is 2.42 bits per heavy atom. The van der Waals surface area contributed by atoms with Crippen molar-refractivity contribution in [1.29, 1.82) is 0 Å². The molecule has 0 bridgehead atoms. The summed E-state index contributed by atoms with van der Waals surface area (Å²) in [4.78, 5) is 37.8. The summed E-state index contributed by atoms with van der Waals surface area (Å²) in [7, 11) is 0. The van der Waals surface area contributed by atoms with Gasteiger partial charge in [0, 0.05) is 0 Å². The number of furan rings is 1. The molecule has 3 rings (SSSR count). The van der Waals surface area contributed by atoms with Crippen molar-refractivity contribution in [1.82, 2.24) is 5.32 Å². The second-order valence-corrected chi connectivity index (χ2v) is 6.10. The first-order valence-electron chi connectivity index (χ1n) is 8.19. The van der Waals surface area contributed by atoms with Gasteiger partial charge in [0.2, 0.25) is 0 Å². The highest BCUT2D eigenvalue weighted by atomic mass is 16.3. The molecule has 0 radical (unpaired) electrons. The molecule has 0 saturated carbocycles. The van der Waals surface area contributed by atoms with Crippen LogP contribution in [0.2, 0.25) is 0 Å². The molecule has 1 aliphatic heterocycles. The largest absolute Gasteiger partial charge is 0.465 e. The molecular weight excluding hydrogens is 332 g/mol. The number of allylic oxidation sites excluding steroid dienone is 2. The van der Waals surface area contributed by atoms with E-state index in [0.29, 0.717) is 17.4 Å². The molecule has 1 aromatic heterocycles. The van der Waals surface area contributed by atoms with Crippen molar-refractivity contribution in [2.75, 3.05) is 4.90 Å². The molecule has 1 saturated heterocycles. The van der Waals surface area contributed by atoms with Gasteiger partial charge in [-0.2, -0.15) is 0 Å². The summed E-state index contributed by atoms with van der Waals surface area (Å²) in [6, 6.07) is 9.81. The molecule has 2 aromatic rings. The Kier molecular flexibility index (Phi) is 4.84. The fraction of sp³-hybridized carbons (Fsp3) is 0.150. The van der Waals surface area contributed by atoms with Crippen molar-refractivity contribution in [3.05, 3.63) is 71.7 Å². The van der Waals surface area contributed by atoms with Crippen LogP contribution in [-0.4, -0.2) is 17.8 Å². The fourth-order valence-corrected chi connectivity index (χ4v) is 2.55. The molecule has 2 heterocycles. The highest BCUT2D eigenvalue weighted by Gasteiger charge is 2.36. The fourth-order valence-electron chi connectivity index (χ4n) is 2.55. The summed E-state index contributed by atoms with van der Waals surface area (Å²) in [5, 5.41) is 2.19. The summed E-state index contributed by atoms with van der Waals surface area (Å²) in [5.74, 6) is -0.472. The quantitative estimate of drug-likeness (QED) is 0.674. The van der Waals surface area contributed by atoms with Gasteiger partial charge >= 0.3 is 6.03 Å². The average Bonchev–Trinajstić information content (AvgIpc) is 3.11. The first-order chi connectivity index (χ1) is 12.5. The zero-order valence-corrected chi connectivity index (χ0v) is 14.4. The van der Waals surface area contributed by atoms with E-state index in [9.17, 15) is 14.4 Å². The van der Waals surface area contributed by atoms with Crippen LogP contribution in [0.3, 0.4) is 0 Å². The number of nitrogens with zero attached hydrogens (tertiary/aromatic N) is 1. The SMILES string of the molecule is CC(C)c1ccc(N2C(=O)NC(=O)/C(=C\C=C/c3ccco3)C2=O)cc1. The number of hydrogen-bond acceptors (Lipinski definition) is 4. The van der Waals surface area contributed by atoms with E-state index in [0.717, 1.165) is 10.5 Å². The number of anilines is 1. The minimum absolute atomic E-state index is 0.125. The van der Waals surface area contributed by atoms with Crippen molar-refractivity contribution < 1.29 is 18.8 Å². The Bertz CT molecular complexity index is 890. The van der Waals surface area contributed by atoms with E-state index < -0.39 is 17.8 Å². The molecule has 1 N–H and O–H groups in total. The smallest absolute Gasteiger partial charge is 0.335 e. The van der Waals surface area contributed by atoms with Crippen molar-refractivity contribution in [3.8, 4) is 0 Å². The summed E-state index contributed by atoms with van der Waals surface area (Å²) < 4.78 is 5.15. The van der Waals surface area contributed by atoms with Crippen LogP contribution in [0.1, 0.15) is 31.1 Å². The highest BCUT2D eigenvalue weighted by Crippen LogP contribution is 2.23. The van der Waals surface area contributed by atoms with Crippen LogP contribution in [0.25, 0.3) is 6.08 Å². The Hall–Kier alpha value is -3.41. The Balaban J connectivity index is 1.87. The van der Waals surface area contributed by atoms with Gasteiger partial charge in [0.25, 0.3) is 11.8 Å². The van der Waals surface area contributed by atoms with E-state index >= 15 is 0 Å². The predicted molar refractivity (Wildman–Crippen MR) is 97.4 cm³/mol. The molecule has 6 heteroatoms. The molecule has 6 nitrogen and oxygen atoms in total. The zero-order chi connectivity index (χ0) is 18.7. The molecule has 26 heavy (non-hydrogen) atoms. The van der Waals surface area contributed by atoms with E-state index in [2.05, 4.69) is 19.2 Å². The van der Waals surface area contributed by atoms with Crippen LogP contribution in [0.15, 0.2) is 64.8 Å². The molecule has 0 atom stereocenters. The molecular formula is C20H18N2O4. The molecule has 1 aromatic carbocycles. The first-order valence-corrected chi connectivity index (χ1v) is 8.19. The monoisotopic (exact) mass is 350 g/mol. The van der Waals surface area contributed by atoms with Crippen molar-refractivity contribution in [2.24, 2.45) is 0 Å². The predicted octanol–water partition coefficient (Wildman–Crippen LogP) is 3.63. The van der Waals surface area contributed by atoms with Crippen molar-refractivity contribution in [2.45, 2.75) is 19.8 Å². The summed E-state index contributed by atoms with van der Waals surface area (Å²) >= 11 is 0. The molecule has 132 valence electrons. The lowest BCUT2D eigenvalue weighted by Gasteiger charge is -2.26. The third-order valence-corrected chi connectivity index (χ3v) is 3.99. The Labute approximate surface area is 150 Å². The number of rotatable bonds is 4. The topological polar surface area (TPSA) is 79.6 Å². The number of amides is 4. The maximum absolute atomic E-state index is 12.7. The number of urea groups is 1. The van der Waals surface area contributed by atoms with Crippen LogP contribution in [0.5, 0.6) is 0 Å². The Morgan fingerprint density at radius 2 is 1.81 bits per heavy atom. The highest BCUT2D eigenvalue weighted by molar-refractivity contribution is 6.37. The maximum Gasteiger partial charge on any atom is 0.335 e. The van der Waals surface area contributed by atoms with Gasteiger partial charge in [0.1, 0.15) is 11.3 Å². The first kappa shape index (κ1) is 17.4. The van der Waals surface area contributed by atoms with E-state index in [1.165, 1.54) is 18.4 Å². The van der Waals surface area contributed by atoms with Crippen molar-refractivity contribution >= 4 is 29.6 Å². The van der Waals surface area contributed by atoms with E-state index in [1.807, 2.05) is 12.1 Å². The van der Waals surface area contributed by atoms with E-state index in [1.54, 1.807) is 30.3 Å². The lowest BCUT2D eigenvalue weighted by Crippen LogP contribution is -2.54. The Morgan fingerprint density at radius 1 is 1.08 bits per heavy atom. The molecule has 0 unspecified atom stereocenters. The normalized spacial score (nSPS) is 16.8. The molecule has 1 fully saturated rings. The van der Waals surface area contributed by atoms with Gasteiger partial charge in [-0.05, 0) is 47.9 Å². The number of nitrogens with one attached hydrogen (secondary N) is 1. The van der Waals surface area contributed by atoms with E-state index in [-0.39, 0.29) is 5.57 Å². The number of imide groups is 2. The second kappa shape index (κ2) is 7.23. The summed E-state index contributed by atoms with van der Waals surface area (Å²) in [6.45, 7) is 4.11. The van der Waals surface area contributed by atoms with Crippen LogP contribution in [0.4, 0.5) is 10.5 Å². The van der Waals surface area contributed by atoms with Gasteiger partial charge in [0.05, 0.1) is 12.0 Å². The van der Waals surface area contributed by atoms with Gasteiger partial charge in [0.15, 0.2) is 0 Å². The van der Waals surface area contributed by atoms with Gasteiger partial charge < -0.3 is 4.42 Å². The number of hydrogen-bond donors (Lipinski definition) is 1. The third kappa shape index (κ3) is 3.49. The number of barbiturate groups is 1. The van der Waals surface area contributed by atoms with Gasteiger partial charge in [-0.1, -0.05) is 32.1 Å². The standard InChI is InChI=1S/C20H18N2O4/c1-13(2)14-8-10-15(11-9-14)22-19(24)17(18(23)21-20(22)25)7-3-5-16-6-4-12-26-16/h3-13H,1-2H3,(H,21,23,25)/b5-3-,17-7+. The summed E-state index contributed by atoms with van der Waals surface area (Å²) in [6.07, 6.45) is 6.03. The summed E-state index contributed by atoms with van der Waals surface area (Å²) in [5.41, 5.74) is 1.37. The second-order valence-electron chi connectivity index (χ2n) is 6.10. The zero-order valence-electron chi connectivity index (χ0n) is 14.4. The van der Waals surface area contributed by atoms with Crippen LogP contribution in [0, 0.1) is 0 Å². The molecule has 0 spiro atoms. The molecule has 4 amide bonds. The van der Waals surface area contributed by atoms with E-state index in [4.69, 9.17) is 4.42 Å². The number of benzene rings is 1. The molecule has 1 aliphatic rings. The van der Waals surface area contributed by atoms with Crippen LogP contribution in [-0.2, 0) is 9.59 Å². The number of carbonyl (C=O) groups excluding carboxylic acids is 3. The minimum atomic E-state index is -0.760. The van der Waals surface area contributed by atoms with Gasteiger partial charge in [-0.15, -0.1) is 0 Å². The van der Waals surface area contributed by atoms with Crippen molar-refractivity contribution in [3.63, 3.8) is 0 Å². The lowest BCUT2D eigenvalue weighted by molar-refractivity contribution is -0.122. The van der Waals surface area contributed by atoms with Crippen LogP contribution >= 0.6 is 0 Å². The van der Waals surface area contributed by atoms with Gasteiger partial charge in [-0.3, -0.25) is 14.9 Å². The third-order valence-electron chi connectivity index (χ3n) is 3.99. The number of carbonyl (C=O) groups is 3. The van der Waals surface area contributed by atoms with Crippen LogP contribution < -0.4 is 10.2 Å². The molecule has 0 aliphatic carbocycles.